The highest BCUT2D eigenvalue weighted by Crippen LogP contribution is 2.03. The summed E-state index contributed by atoms with van der Waals surface area (Å²) >= 11 is 0. The van der Waals surface area contributed by atoms with E-state index in [1.807, 2.05) is 0 Å². The molecule has 0 heterocycles. The topological polar surface area (TPSA) is 12.0 Å². The number of unbranched alkanes of at least 4 members (excludes halogenated alkanes) is 5. The van der Waals surface area contributed by atoms with Crippen molar-refractivity contribution >= 4 is 0 Å². The van der Waals surface area contributed by atoms with Gasteiger partial charge in [-0.1, -0.05) is 39.0 Å². The summed E-state index contributed by atoms with van der Waals surface area (Å²) in [6.07, 6.45) is 14.2. The fourth-order valence-corrected chi connectivity index (χ4v) is 1.32. The second-order valence-electron chi connectivity index (χ2n) is 3.47. The molecule has 0 fully saturated rings. The Morgan fingerprint density at radius 3 is 2.38 bits per heavy atom. The highest BCUT2D eigenvalue weighted by molar-refractivity contribution is 4.83. The first-order chi connectivity index (χ1) is 6.41. The Bertz CT molecular complexity index is 124. The summed E-state index contributed by atoms with van der Waals surface area (Å²) in [7, 11) is 0. The molecule has 13 heavy (non-hydrogen) atoms. The molecule has 0 atom stereocenters. The van der Waals surface area contributed by atoms with E-state index < -0.39 is 0 Å². The van der Waals surface area contributed by atoms with Crippen LogP contribution in [0.3, 0.4) is 0 Å². The number of nitrogens with one attached hydrogen (secondary N) is 1. The Morgan fingerprint density at radius 2 is 1.69 bits per heavy atom. The van der Waals surface area contributed by atoms with Crippen molar-refractivity contribution in [1.29, 1.82) is 0 Å². The lowest BCUT2D eigenvalue weighted by Crippen LogP contribution is -2.15. The van der Waals surface area contributed by atoms with Crippen LogP contribution in [-0.4, -0.2) is 13.1 Å². The molecular formula is C12H23N. The molecule has 0 unspecified atom stereocenters. The maximum absolute atomic E-state index is 5.13. The van der Waals surface area contributed by atoms with Gasteiger partial charge in [0, 0.05) is 13.0 Å². The van der Waals surface area contributed by atoms with Crippen molar-refractivity contribution in [3.05, 3.63) is 0 Å². The molecule has 0 aliphatic rings. The molecular weight excluding hydrogens is 158 g/mol. The third-order valence-electron chi connectivity index (χ3n) is 2.15. The van der Waals surface area contributed by atoms with Crippen LogP contribution in [0.1, 0.15) is 51.9 Å². The number of rotatable bonds is 9. The van der Waals surface area contributed by atoms with E-state index in [2.05, 4.69) is 18.2 Å². The van der Waals surface area contributed by atoms with Gasteiger partial charge in [0.1, 0.15) is 0 Å². The SMILES string of the molecule is C#CCCNCCCCCCCC. The van der Waals surface area contributed by atoms with Gasteiger partial charge in [-0.2, -0.15) is 0 Å². The first-order valence-electron chi connectivity index (χ1n) is 5.56. The molecule has 0 spiro atoms. The molecule has 0 saturated carbocycles. The smallest absolute Gasteiger partial charge is 0.0211 e. The van der Waals surface area contributed by atoms with Crippen molar-refractivity contribution in [3.8, 4) is 12.3 Å². The predicted octanol–water partition coefficient (Wildman–Crippen LogP) is 2.96. The van der Waals surface area contributed by atoms with Crippen LogP contribution in [0.5, 0.6) is 0 Å². The van der Waals surface area contributed by atoms with Gasteiger partial charge in [0.05, 0.1) is 0 Å². The third-order valence-corrected chi connectivity index (χ3v) is 2.15. The molecule has 0 aromatic rings. The molecule has 1 N–H and O–H groups in total. The summed E-state index contributed by atoms with van der Waals surface area (Å²) in [5, 5.41) is 3.33. The van der Waals surface area contributed by atoms with E-state index >= 15 is 0 Å². The number of terminal acetylenes is 1. The van der Waals surface area contributed by atoms with Crippen molar-refractivity contribution in [3.63, 3.8) is 0 Å². The summed E-state index contributed by atoms with van der Waals surface area (Å²) < 4.78 is 0. The molecule has 1 heteroatoms. The van der Waals surface area contributed by atoms with E-state index in [4.69, 9.17) is 6.42 Å². The maximum atomic E-state index is 5.13. The van der Waals surface area contributed by atoms with Gasteiger partial charge in [0.15, 0.2) is 0 Å². The Balaban J connectivity index is 2.80. The van der Waals surface area contributed by atoms with Crippen LogP contribution in [-0.2, 0) is 0 Å². The summed E-state index contributed by atoms with van der Waals surface area (Å²) in [6, 6.07) is 0. The van der Waals surface area contributed by atoms with E-state index in [0.29, 0.717) is 0 Å². The molecule has 0 bridgehead atoms. The van der Waals surface area contributed by atoms with Crippen LogP contribution < -0.4 is 5.32 Å². The Kier molecular flexibility index (Phi) is 11.1. The minimum atomic E-state index is 0.857. The van der Waals surface area contributed by atoms with Gasteiger partial charge >= 0.3 is 0 Å². The lowest BCUT2D eigenvalue weighted by molar-refractivity contribution is 0.575. The van der Waals surface area contributed by atoms with Crippen LogP contribution in [0.2, 0.25) is 0 Å². The zero-order valence-electron chi connectivity index (χ0n) is 8.94. The fourth-order valence-electron chi connectivity index (χ4n) is 1.32. The van der Waals surface area contributed by atoms with Gasteiger partial charge in [-0.15, -0.1) is 12.3 Å². The average Bonchev–Trinajstić information content (AvgIpc) is 2.16. The van der Waals surface area contributed by atoms with Crippen LogP contribution in [0, 0.1) is 12.3 Å². The predicted molar refractivity (Wildman–Crippen MR) is 59.7 cm³/mol. The van der Waals surface area contributed by atoms with Crippen molar-refractivity contribution in [2.24, 2.45) is 0 Å². The largest absolute Gasteiger partial charge is 0.316 e. The Hall–Kier alpha value is -0.480. The second kappa shape index (κ2) is 11.5. The van der Waals surface area contributed by atoms with Crippen LogP contribution in [0.25, 0.3) is 0 Å². The first kappa shape index (κ1) is 12.5. The van der Waals surface area contributed by atoms with E-state index in [1.54, 1.807) is 0 Å². The fraction of sp³-hybridized carbons (Fsp3) is 0.833. The normalized spacial score (nSPS) is 9.85. The highest BCUT2D eigenvalue weighted by atomic mass is 14.8. The molecule has 1 nitrogen and oxygen atoms in total. The van der Waals surface area contributed by atoms with Gasteiger partial charge in [-0.05, 0) is 13.0 Å². The zero-order chi connectivity index (χ0) is 9.78. The van der Waals surface area contributed by atoms with E-state index in [9.17, 15) is 0 Å². The zero-order valence-corrected chi connectivity index (χ0v) is 8.94. The van der Waals surface area contributed by atoms with Crippen molar-refractivity contribution in [1.82, 2.24) is 5.32 Å². The molecule has 0 aliphatic carbocycles. The lowest BCUT2D eigenvalue weighted by Gasteiger charge is -2.02. The minimum Gasteiger partial charge on any atom is -0.316 e. The van der Waals surface area contributed by atoms with E-state index in [-0.39, 0.29) is 0 Å². The minimum absolute atomic E-state index is 0.857. The molecule has 0 amide bonds. The second-order valence-corrected chi connectivity index (χ2v) is 3.47. The Morgan fingerprint density at radius 1 is 1.00 bits per heavy atom. The molecule has 0 rings (SSSR count). The van der Waals surface area contributed by atoms with Gasteiger partial charge < -0.3 is 5.32 Å². The molecule has 76 valence electrons. The summed E-state index contributed by atoms with van der Waals surface area (Å²) in [5.41, 5.74) is 0. The van der Waals surface area contributed by atoms with Crippen molar-refractivity contribution in [2.75, 3.05) is 13.1 Å². The average molecular weight is 181 g/mol. The van der Waals surface area contributed by atoms with Gasteiger partial charge in [0.2, 0.25) is 0 Å². The highest BCUT2D eigenvalue weighted by Gasteiger charge is 1.89. The van der Waals surface area contributed by atoms with Crippen molar-refractivity contribution in [2.45, 2.75) is 51.9 Å². The molecule has 0 aromatic heterocycles. The van der Waals surface area contributed by atoms with Gasteiger partial charge in [-0.25, -0.2) is 0 Å². The van der Waals surface area contributed by atoms with Crippen LogP contribution in [0.15, 0.2) is 0 Å². The van der Waals surface area contributed by atoms with E-state index in [0.717, 1.165) is 19.5 Å². The van der Waals surface area contributed by atoms with E-state index in [1.165, 1.54) is 38.5 Å². The lowest BCUT2D eigenvalue weighted by atomic mass is 10.1. The summed E-state index contributed by atoms with van der Waals surface area (Å²) in [6.45, 7) is 4.36. The number of hydrogen-bond donors (Lipinski definition) is 1. The van der Waals surface area contributed by atoms with Crippen LogP contribution >= 0.6 is 0 Å². The molecule has 0 aliphatic heterocycles. The third kappa shape index (κ3) is 11.5. The standard InChI is InChI=1S/C12H23N/c1-3-5-7-8-9-10-12-13-11-6-4-2/h2,13H,3,5-12H2,1H3. The quantitative estimate of drug-likeness (QED) is 0.426. The Labute approximate surface area is 83.3 Å². The van der Waals surface area contributed by atoms with Gasteiger partial charge in [-0.3, -0.25) is 0 Å². The molecule has 0 aromatic carbocycles. The first-order valence-corrected chi connectivity index (χ1v) is 5.56. The maximum Gasteiger partial charge on any atom is 0.0211 e. The molecule has 0 radical (unpaired) electrons. The monoisotopic (exact) mass is 181 g/mol. The molecule has 0 saturated heterocycles. The number of hydrogen-bond acceptors (Lipinski definition) is 1. The van der Waals surface area contributed by atoms with Crippen LogP contribution in [0.4, 0.5) is 0 Å². The van der Waals surface area contributed by atoms with Crippen molar-refractivity contribution < 1.29 is 0 Å². The summed E-state index contributed by atoms with van der Waals surface area (Å²) in [5.74, 6) is 2.62. The summed E-state index contributed by atoms with van der Waals surface area (Å²) in [4.78, 5) is 0. The van der Waals surface area contributed by atoms with Gasteiger partial charge in [0.25, 0.3) is 0 Å².